The Morgan fingerprint density at radius 1 is 1.38 bits per heavy atom. The van der Waals surface area contributed by atoms with Crippen LogP contribution in [-0.4, -0.2) is 18.1 Å². The maximum atomic E-state index is 10.6. The third kappa shape index (κ3) is 3.28. The Labute approximate surface area is 100 Å². The molecule has 0 radical (unpaired) electrons. The molecule has 2 N–H and O–H groups in total. The van der Waals surface area contributed by atoms with Gasteiger partial charge in [0.05, 0.1) is 4.90 Å². The largest absolute Gasteiger partial charge is 1.00 e. The fourth-order valence-electron chi connectivity index (χ4n) is 0.788. The second-order valence-electron chi connectivity index (χ2n) is 2.42. The molecule has 1 aromatic rings. The summed E-state index contributed by atoms with van der Waals surface area (Å²) in [5, 5.41) is 9.03. The fourth-order valence-corrected chi connectivity index (χ4v) is 1.35. The first-order chi connectivity index (χ1) is 5.41. The standard InChI is InChI=1S/C7H8O4S.Na.H/c1-5-4-6(12(9,10)11)2-3-7(5)8;;/h2-4,8H,1H3,(H,9,10,11);;/q;+1;-1. The zero-order valence-corrected chi connectivity index (χ0v) is 10.2. The third-order valence-corrected chi connectivity index (χ3v) is 2.32. The molecule has 1 aromatic carbocycles. The van der Waals surface area contributed by atoms with E-state index in [9.17, 15) is 8.42 Å². The number of aryl methyl sites for hydroxylation is 1. The third-order valence-electron chi connectivity index (χ3n) is 1.47. The van der Waals surface area contributed by atoms with Crippen LogP contribution in [0.1, 0.15) is 6.99 Å². The van der Waals surface area contributed by atoms with Crippen molar-refractivity contribution in [2.45, 2.75) is 11.8 Å². The van der Waals surface area contributed by atoms with Gasteiger partial charge >= 0.3 is 29.6 Å². The molecule has 0 unspecified atom stereocenters. The molecule has 0 aromatic heterocycles. The summed E-state index contributed by atoms with van der Waals surface area (Å²) in [5.74, 6) is 0.00222. The molecule has 0 amide bonds. The topological polar surface area (TPSA) is 74.6 Å². The number of aromatic hydroxyl groups is 1. The van der Waals surface area contributed by atoms with Crippen molar-refractivity contribution in [2.24, 2.45) is 0 Å². The minimum absolute atomic E-state index is 0. The molecule has 4 nitrogen and oxygen atoms in total. The molecule has 1 rings (SSSR count). The van der Waals surface area contributed by atoms with Crippen LogP contribution in [-0.2, 0) is 10.1 Å². The number of rotatable bonds is 1. The van der Waals surface area contributed by atoms with Crippen molar-refractivity contribution in [3.63, 3.8) is 0 Å². The first kappa shape index (κ1) is 12.9. The number of hydrogen-bond donors (Lipinski definition) is 2. The van der Waals surface area contributed by atoms with E-state index in [1.807, 2.05) is 0 Å². The van der Waals surface area contributed by atoms with E-state index in [4.69, 9.17) is 9.66 Å². The van der Waals surface area contributed by atoms with Crippen LogP contribution in [0, 0.1) is 6.92 Å². The van der Waals surface area contributed by atoms with Crippen molar-refractivity contribution in [2.75, 3.05) is 0 Å². The van der Waals surface area contributed by atoms with Gasteiger partial charge in [-0.25, -0.2) is 0 Å². The monoisotopic (exact) mass is 212 g/mol. The molecule has 0 saturated carbocycles. The van der Waals surface area contributed by atoms with Crippen molar-refractivity contribution in [1.82, 2.24) is 0 Å². The van der Waals surface area contributed by atoms with Crippen molar-refractivity contribution >= 4 is 10.1 Å². The maximum absolute atomic E-state index is 10.6. The molecule has 0 spiro atoms. The molecular weight excluding hydrogens is 203 g/mol. The number of benzene rings is 1. The molecule has 0 saturated heterocycles. The van der Waals surface area contributed by atoms with Gasteiger partial charge in [0, 0.05) is 0 Å². The van der Waals surface area contributed by atoms with Gasteiger partial charge in [0.25, 0.3) is 10.1 Å². The van der Waals surface area contributed by atoms with Crippen LogP contribution in [0.2, 0.25) is 0 Å². The van der Waals surface area contributed by atoms with Gasteiger partial charge < -0.3 is 6.53 Å². The van der Waals surface area contributed by atoms with E-state index in [-0.39, 0.29) is 41.6 Å². The van der Waals surface area contributed by atoms with Gasteiger partial charge in [-0.15, -0.1) is 0 Å². The van der Waals surface area contributed by atoms with Gasteiger partial charge in [-0.2, -0.15) is 8.42 Å². The van der Waals surface area contributed by atoms with Crippen molar-refractivity contribution in [3.05, 3.63) is 23.8 Å². The Morgan fingerprint density at radius 3 is 2.31 bits per heavy atom. The first-order valence-electron chi connectivity index (χ1n) is 3.18. The summed E-state index contributed by atoms with van der Waals surface area (Å²) in [6, 6.07) is 3.56. The first-order valence-corrected chi connectivity index (χ1v) is 4.62. The van der Waals surface area contributed by atoms with Crippen molar-refractivity contribution < 1.29 is 49.1 Å². The van der Waals surface area contributed by atoms with Gasteiger partial charge in [-0.3, -0.25) is 4.55 Å². The van der Waals surface area contributed by atoms with Crippen LogP contribution in [0.25, 0.3) is 0 Å². The molecule has 0 bridgehead atoms. The van der Waals surface area contributed by atoms with E-state index in [0.717, 1.165) is 6.07 Å². The van der Waals surface area contributed by atoms with Crippen LogP contribution in [0.4, 0.5) is 0 Å². The molecular formula is C7H9NaO4S. The van der Waals surface area contributed by atoms with Gasteiger partial charge in [0.15, 0.2) is 0 Å². The van der Waals surface area contributed by atoms with Crippen LogP contribution < -0.4 is 29.6 Å². The molecule has 13 heavy (non-hydrogen) atoms. The van der Waals surface area contributed by atoms with Gasteiger partial charge in [0.2, 0.25) is 0 Å². The summed E-state index contributed by atoms with van der Waals surface area (Å²) in [6.45, 7) is 1.55. The van der Waals surface area contributed by atoms with Gasteiger partial charge in [0.1, 0.15) is 5.75 Å². The summed E-state index contributed by atoms with van der Waals surface area (Å²) in [4.78, 5) is -0.210. The minimum Gasteiger partial charge on any atom is -1.00 e. The summed E-state index contributed by atoms with van der Waals surface area (Å²) in [7, 11) is -4.15. The van der Waals surface area contributed by atoms with E-state index in [1.54, 1.807) is 6.92 Å². The van der Waals surface area contributed by atoms with Crippen LogP contribution in [0.5, 0.6) is 5.75 Å². The second-order valence-corrected chi connectivity index (χ2v) is 3.84. The van der Waals surface area contributed by atoms with Crippen molar-refractivity contribution in [1.29, 1.82) is 0 Å². The Kier molecular flexibility index (Phi) is 4.41. The molecule has 0 aliphatic carbocycles. The number of phenolic OH excluding ortho intramolecular Hbond substituents is 1. The van der Waals surface area contributed by atoms with Gasteiger partial charge in [-0.05, 0) is 30.7 Å². The number of hydrogen-bond acceptors (Lipinski definition) is 3. The van der Waals surface area contributed by atoms with E-state index in [1.165, 1.54) is 12.1 Å². The molecule has 6 heteroatoms. The predicted molar refractivity (Wildman–Crippen MR) is 43.8 cm³/mol. The average Bonchev–Trinajstić information content (AvgIpc) is 1.92. The Hall–Kier alpha value is -0.0700. The molecule has 0 fully saturated rings. The van der Waals surface area contributed by atoms with E-state index >= 15 is 0 Å². The summed E-state index contributed by atoms with van der Waals surface area (Å²) < 4.78 is 29.7. The SMILES string of the molecule is Cc1cc(S(=O)(=O)O)ccc1O.[H-].[Na+]. The normalized spacial score (nSPS) is 10.6. The summed E-state index contributed by atoms with van der Waals surface area (Å²) in [5.41, 5.74) is 0.408. The average molecular weight is 212 g/mol. The second kappa shape index (κ2) is 4.43. The molecule has 0 aliphatic rings. The fraction of sp³-hybridized carbons (Fsp3) is 0.143. The maximum Gasteiger partial charge on any atom is 1.00 e. The Morgan fingerprint density at radius 2 is 1.92 bits per heavy atom. The van der Waals surface area contributed by atoms with Crippen LogP contribution in [0.15, 0.2) is 23.1 Å². The Bertz CT molecular complexity index is 404. The van der Waals surface area contributed by atoms with Crippen LogP contribution in [0.3, 0.4) is 0 Å². The zero-order chi connectivity index (χ0) is 9.35. The summed E-state index contributed by atoms with van der Waals surface area (Å²) >= 11 is 0. The van der Waals surface area contributed by atoms with E-state index in [0.29, 0.717) is 5.56 Å². The molecule has 0 aliphatic heterocycles. The Balaban J connectivity index is 0. The smallest absolute Gasteiger partial charge is 1.00 e. The van der Waals surface area contributed by atoms with Gasteiger partial charge in [-0.1, -0.05) is 0 Å². The van der Waals surface area contributed by atoms with Crippen molar-refractivity contribution in [3.8, 4) is 5.75 Å². The predicted octanol–water partition coefficient (Wildman–Crippen LogP) is -1.94. The quantitative estimate of drug-likeness (QED) is 0.419. The van der Waals surface area contributed by atoms with E-state index in [2.05, 4.69) is 0 Å². The summed E-state index contributed by atoms with van der Waals surface area (Å²) in [6.07, 6.45) is 0. The minimum atomic E-state index is -4.15. The van der Waals surface area contributed by atoms with E-state index < -0.39 is 10.1 Å². The molecule has 0 atom stereocenters. The molecule has 0 heterocycles. The zero-order valence-electron chi connectivity index (χ0n) is 8.35. The molecule has 68 valence electrons. The van der Waals surface area contributed by atoms with Crippen LogP contribution >= 0.6 is 0 Å². The number of phenols is 1.